The van der Waals surface area contributed by atoms with E-state index in [1.54, 1.807) is 15.6 Å². The Morgan fingerprint density at radius 3 is 2.81 bits per heavy atom. The molecular formula is C14H24N2O2S3. The number of hydrogen-bond acceptors (Lipinski definition) is 5. The van der Waals surface area contributed by atoms with Gasteiger partial charge < -0.3 is 5.32 Å². The molecule has 0 saturated carbocycles. The number of sulfonamides is 1. The van der Waals surface area contributed by atoms with Gasteiger partial charge in [-0.2, -0.15) is 16.1 Å². The Labute approximate surface area is 136 Å². The van der Waals surface area contributed by atoms with Crippen LogP contribution in [0.15, 0.2) is 11.0 Å². The van der Waals surface area contributed by atoms with Crippen molar-refractivity contribution in [2.75, 3.05) is 18.1 Å². The van der Waals surface area contributed by atoms with Gasteiger partial charge in [-0.25, -0.2) is 8.42 Å². The van der Waals surface area contributed by atoms with Crippen molar-refractivity contribution in [2.45, 2.75) is 51.2 Å². The predicted molar refractivity (Wildman–Crippen MR) is 91.7 cm³/mol. The SMILES string of the molecule is Cc1sc(CNC(C)C)cc1S(=O)(=O)N1CCSCC1C. The summed E-state index contributed by atoms with van der Waals surface area (Å²) in [6, 6.07) is 2.32. The Bertz CT molecular complexity index is 581. The number of nitrogens with zero attached hydrogens (tertiary/aromatic N) is 1. The summed E-state index contributed by atoms with van der Waals surface area (Å²) < 4.78 is 27.4. The van der Waals surface area contributed by atoms with Crippen molar-refractivity contribution in [3.05, 3.63) is 15.8 Å². The molecule has 1 atom stereocenters. The highest BCUT2D eigenvalue weighted by molar-refractivity contribution is 7.99. The van der Waals surface area contributed by atoms with Crippen molar-refractivity contribution in [3.8, 4) is 0 Å². The molecule has 1 aliphatic heterocycles. The van der Waals surface area contributed by atoms with E-state index in [0.29, 0.717) is 17.5 Å². The molecule has 1 fully saturated rings. The molecule has 1 aliphatic rings. The molecule has 2 heterocycles. The molecule has 120 valence electrons. The van der Waals surface area contributed by atoms with E-state index < -0.39 is 10.0 Å². The number of hydrogen-bond donors (Lipinski definition) is 1. The van der Waals surface area contributed by atoms with E-state index in [1.807, 2.05) is 31.7 Å². The second-order valence-corrected chi connectivity index (χ2v) is 10.1. The average Bonchev–Trinajstić information content (AvgIpc) is 2.79. The number of aryl methyl sites for hydroxylation is 1. The molecule has 1 N–H and O–H groups in total. The van der Waals surface area contributed by atoms with E-state index in [9.17, 15) is 8.42 Å². The van der Waals surface area contributed by atoms with Crippen LogP contribution in [0.2, 0.25) is 0 Å². The van der Waals surface area contributed by atoms with E-state index in [2.05, 4.69) is 19.2 Å². The van der Waals surface area contributed by atoms with Gasteiger partial charge in [0.15, 0.2) is 0 Å². The minimum Gasteiger partial charge on any atom is -0.310 e. The fourth-order valence-electron chi connectivity index (χ4n) is 2.37. The van der Waals surface area contributed by atoms with Gasteiger partial charge in [0.05, 0.1) is 4.90 Å². The summed E-state index contributed by atoms with van der Waals surface area (Å²) in [6.45, 7) is 9.41. The molecule has 1 aromatic rings. The molecule has 0 spiro atoms. The zero-order valence-corrected chi connectivity index (χ0v) is 15.5. The Hall–Kier alpha value is -0.0800. The number of rotatable bonds is 5. The first-order valence-corrected chi connectivity index (χ1v) is 10.7. The highest BCUT2D eigenvalue weighted by atomic mass is 32.2. The third kappa shape index (κ3) is 4.01. The van der Waals surface area contributed by atoms with Crippen LogP contribution in [0.3, 0.4) is 0 Å². The third-order valence-electron chi connectivity index (χ3n) is 3.50. The summed E-state index contributed by atoms with van der Waals surface area (Å²) in [5.74, 6) is 1.76. The molecule has 0 amide bonds. The van der Waals surface area contributed by atoms with Crippen LogP contribution in [0.25, 0.3) is 0 Å². The summed E-state index contributed by atoms with van der Waals surface area (Å²) in [5, 5.41) is 3.34. The maximum atomic E-state index is 12.9. The highest BCUT2D eigenvalue weighted by Gasteiger charge is 2.33. The van der Waals surface area contributed by atoms with Gasteiger partial charge in [-0.05, 0) is 19.9 Å². The van der Waals surface area contributed by atoms with Crippen molar-refractivity contribution >= 4 is 33.1 Å². The lowest BCUT2D eigenvalue weighted by molar-refractivity contribution is 0.367. The van der Waals surface area contributed by atoms with Gasteiger partial charge >= 0.3 is 0 Å². The van der Waals surface area contributed by atoms with Crippen LogP contribution < -0.4 is 5.32 Å². The molecule has 4 nitrogen and oxygen atoms in total. The smallest absolute Gasteiger partial charge is 0.244 e. The summed E-state index contributed by atoms with van der Waals surface area (Å²) in [4.78, 5) is 2.46. The lowest BCUT2D eigenvalue weighted by Crippen LogP contribution is -2.44. The van der Waals surface area contributed by atoms with Crippen molar-refractivity contribution in [1.82, 2.24) is 9.62 Å². The number of thioether (sulfide) groups is 1. The van der Waals surface area contributed by atoms with Crippen molar-refractivity contribution in [1.29, 1.82) is 0 Å². The second-order valence-electron chi connectivity index (χ2n) is 5.71. The van der Waals surface area contributed by atoms with Crippen molar-refractivity contribution in [2.24, 2.45) is 0 Å². The topological polar surface area (TPSA) is 49.4 Å². The van der Waals surface area contributed by atoms with Gasteiger partial charge in [-0.15, -0.1) is 11.3 Å². The molecule has 7 heteroatoms. The van der Waals surface area contributed by atoms with Gasteiger partial charge in [0.25, 0.3) is 0 Å². The van der Waals surface area contributed by atoms with E-state index >= 15 is 0 Å². The Kier molecular flexibility index (Phi) is 5.76. The van der Waals surface area contributed by atoms with Crippen molar-refractivity contribution in [3.63, 3.8) is 0 Å². The fourth-order valence-corrected chi connectivity index (χ4v) is 6.78. The van der Waals surface area contributed by atoms with Crippen LogP contribution in [0.1, 0.15) is 30.5 Å². The fraction of sp³-hybridized carbons (Fsp3) is 0.714. The van der Waals surface area contributed by atoms with Crippen molar-refractivity contribution < 1.29 is 8.42 Å². The Balaban J connectivity index is 2.23. The highest BCUT2D eigenvalue weighted by Crippen LogP contribution is 2.31. The van der Waals surface area contributed by atoms with E-state index in [4.69, 9.17) is 0 Å². The largest absolute Gasteiger partial charge is 0.310 e. The number of nitrogens with one attached hydrogen (secondary N) is 1. The first-order valence-electron chi connectivity index (χ1n) is 7.24. The molecule has 1 saturated heterocycles. The van der Waals surface area contributed by atoms with Gasteiger partial charge in [-0.1, -0.05) is 13.8 Å². The lowest BCUT2D eigenvalue weighted by Gasteiger charge is -2.31. The maximum Gasteiger partial charge on any atom is 0.244 e. The summed E-state index contributed by atoms with van der Waals surface area (Å²) in [7, 11) is -3.36. The molecule has 0 aromatic carbocycles. The van der Waals surface area contributed by atoms with Crippen LogP contribution in [0.5, 0.6) is 0 Å². The molecular weight excluding hydrogens is 324 g/mol. The van der Waals surface area contributed by atoms with Gasteiger partial charge in [0, 0.05) is 46.4 Å². The molecule has 1 aromatic heterocycles. The summed E-state index contributed by atoms with van der Waals surface area (Å²) in [5.41, 5.74) is 0. The monoisotopic (exact) mass is 348 g/mol. The minimum absolute atomic E-state index is 0.0743. The maximum absolute atomic E-state index is 12.9. The van der Waals surface area contributed by atoms with Crippen LogP contribution in [0, 0.1) is 6.92 Å². The Morgan fingerprint density at radius 2 is 2.19 bits per heavy atom. The number of thiophene rings is 1. The standard InChI is InChI=1S/C14H24N2O2S3/c1-10(2)15-8-13-7-14(12(4)20-13)21(17,18)16-5-6-19-9-11(16)3/h7,10-11,15H,5-6,8-9H2,1-4H3. The molecule has 1 unspecified atom stereocenters. The van der Waals surface area contributed by atoms with E-state index in [1.165, 1.54) is 0 Å². The van der Waals surface area contributed by atoms with Crippen LogP contribution in [0.4, 0.5) is 0 Å². The summed E-state index contributed by atoms with van der Waals surface area (Å²) in [6.07, 6.45) is 0. The normalized spacial score (nSPS) is 21.1. The zero-order valence-electron chi connectivity index (χ0n) is 13.0. The van der Waals surface area contributed by atoms with Crippen LogP contribution >= 0.6 is 23.1 Å². The van der Waals surface area contributed by atoms with Gasteiger partial charge in [0.2, 0.25) is 10.0 Å². The first-order chi connectivity index (χ1) is 9.82. The third-order valence-corrected chi connectivity index (χ3v) is 8.01. The van der Waals surface area contributed by atoms with Gasteiger partial charge in [0.1, 0.15) is 0 Å². The van der Waals surface area contributed by atoms with Gasteiger partial charge in [-0.3, -0.25) is 0 Å². The van der Waals surface area contributed by atoms with E-state index in [-0.39, 0.29) is 6.04 Å². The second kappa shape index (κ2) is 7.00. The van der Waals surface area contributed by atoms with Crippen LogP contribution in [-0.4, -0.2) is 42.9 Å². The molecule has 21 heavy (non-hydrogen) atoms. The average molecular weight is 349 g/mol. The lowest BCUT2D eigenvalue weighted by atomic mass is 10.3. The van der Waals surface area contributed by atoms with Crippen LogP contribution in [-0.2, 0) is 16.6 Å². The predicted octanol–water partition coefficient (Wildman–Crippen LogP) is 2.68. The first kappa shape index (κ1) is 17.3. The molecule has 0 aliphatic carbocycles. The Morgan fingerprint density at radius 1 is 1.48 bits per heavy atom. The van der Waals surface area contributed by atoms with E-state index in [0.717, 1.165) is 27.8 Å². The molecule has 0 bridgehead atoms. The molecule has 2 rings (SSSR count). The minimum atomic E-state index is -3.36. The molecule has 0 radical (unpaired) electrons. The zero-order chi connectivity index (χ0) is 15.6. The quantitative estimate of drug-likeness (QED) is 0.889. The summed E-state index contributed by atoms with van der Waals surface area (Å²) >= 11 is 3.40.